The Morgan fingerprint density at radius 2 is 1.91 bits per heavy atom. The number of hydrogen-bond donors (Lipinski definition) is 0. The molecular formula is C18H23NO3. The van der Waals surface area contributed by atoms with Crippen molar-refractivity contribution in [2.24, 2.45) is 21.9 Å². The van der Waals surface area contributed by atoms with Crippen molar-refractivity contribution >= 4 is 11.7 Å². The zero-order valence-electron chi connectivity index (χ0n) is 13.7. The molecule has 1 aromatic rings. The molecule has 0 aromatic heterocycles. The van der Waals surface area contributed by atoms with Crippen molar-refractivity contribution in [2.75, 3.05) is 7.11 Å². The van der Waals surface area contributed by atoms with E-state index in [1.54, 1.807) is 31.4 Å². The van der Waals surface area contributed by atoms with Crippen molar-refractivity contribution in [1.29, 1.82) is 0 Å². The minimum atomic E-state index is -0.417. The number of methoxy groups -OCH3 is 1. The predicted molar refractivity (Wildman–Crippen MR) is 85.1 cm³/mol. The summed E-state index contributed by atoms with van der Waals surface area (Å²) in [7, 11) is 1.59. The highest BCUT2D eigenvalue weighted by Crippen LogP contribution is 2.63. The van der Waals surface area contributed by atoms with Crippen molar-refractivity contribution in [1.82, 2.24) is 0 Å². The topological polar surface area (TPSA) is 47.9 Å². The zero-order valence-corrected chi connectivity index (χ0v) is 13.7. The van der Waals surface area contributed by atoms with Crippen LogP contribution in [0, 0.1) is 16.7 Å². The lowest BCUT2D eigenvalue weighted by atomic mass is 9.70. The fraction of sp³-hybridized carbons (Fsp3) is 0.556. The van der Waals surface area contributed by atoms with E-state index >= 15 is 0 Å². The molecule has 118 valence electrons. The zero-order chi connectivity index (χ0) is 16.0. The number of carbonyl (C=O) groups excluding carboxylic acids is 1. The van der Waals surface area contributed by atoms with E-state index in [0.717, 1.165) is 18.6 Å². The van der Waals surface area contributed by atoms with Crippen LogP contribution in [0.5, 0.6) is 5.75 Å². The highest BCUT2D eigenvalue weighted by atomic mass is 16.7. The lowest BCUT2D eigenvalue weighted by molar-refractivity contribution is 0.0508. The maximum absolute atomic E-state index is 12.1. The normalized spacial score (nSPS) is 30.5. The van der Waals surface area contributed by atoms with Gasteiger partial charge in [0.2, 0.25) is 0 Å². The molecule has 0 heterocycles. The number of carbonyl (C=O) groups is 1. The number of nitrogens with zero attached hydrogens (tertiary/aromatic N) is 1. The molecule has 0 N–H and O–H groups in total. The summed E-state index contributed by atoms with van der Waals surface area (Å²) in [5.41, 5.74) is 1.81. The van der Waals surface area contributed by atoms with Crippen LogP contribution in [-0.2, 0) is 4.84 Å². The first-order valence-corrected chi connectivity index (χ1v) is 7.81. The van der Waals surface area contributed by atoms with Crippen LogP contribution in [0.2, 0.25) is 0 Å². The smallest absolute Gasteiger partial charge is 0.365 e. The summed E-state index contributed by atoms with van der Waals surface area (Å²) in [6.45, 7) is 6.86. The molecule has 2 unspecified atom stereocenters. The first kappa shape index (κ1) is 15.1. The first-order valence-electron chi connectivity index (χ1n) is 7.81. The van der Waals surface area contributed by atoms with Crippen LogP contribution in [0.25, 0.3) is 0 Å². The molecule has 0 radical (unpaired) electrons. The van der Waals surface area contributed by atoms with Gasteiger partial charge in [-0.2, -0.15) is 0 Å². The summed E-state index contributed by atoms with van der Waals surface area (Å²) < 4.78 is 5.08. The molecule has 2 aliphatic rings. The molecular weight excluding hydrogens is 278 g/mol. The van der Waals surface area contributed by atoms with E-state index in [-0.39, 0.29) is 10.8 Å². The third kappa shape index (κ3) is 2.13. The molecule has 4 nitrogen and oxygen atoms in total. The van der Waals surface area contributed by atoms with Gasteiger partial charge < -0.3 is 9.57 Å². The average Bonchev–Trinajstić information content (AvgIpc) is 2.85. The number of rotatable bonds is 3. The molecule has 2 bridgehead atoms. The molecule has 0 aliphatic heterocycles. The molecule has 2 atom stereocenters. The van der Waals surface area contributed by atoms with Crippen molar-refractivity contribution in [3.8, 4) is 5.75 Å². The summed E-state index contributed by atoms with van der Waals surface area (Å²) in [4.78, 5) is 17.3. The third-order valence-electron chi connectivity index (χ3n) is 6.08. The quantitative estimate of drug-likeness (QED) is 0.625. The van der Waals surface area contributed by atoms with Crippen molar-refractivity contribution in [3.05, 3.63) is 29.8 Å². The van der Waals surface area contributed by atoms with Gasteiger partial charge >= 0.3 is 5.97 Å². The van der Waals surface area contributed by atoms with Crippen LogP contribution in [0.1, 0.15) is 50.4 Å². The average molecular weight is 301 g/mol. The van der Waals surface area contributed by atoms with Crippen LogP contribution < -0.4 is 4.74 Å². The van der Waals surface area contributed by atoms with Crippen molar-refractivity contribution in [3.63, 3.8) is 0 Å². The molecule has 3 rings (SSSR count). The van der Waals surface area contributed by atoms with Crippen molar-refractivity contribution in [2.45, 2.75) is 40.0 Å². The lowest BCUT2D eigenvalue weighted by Gasteiger charge is -2.34. The van der Waals surface area contributed by atoms with E-state index in [0.29, 0.717) is 17.2 Å². The Bertz CT molecular complexity index is 618. The van der Waals surface area contributed by atoms with Gasteiger partial charge in [-0.15, -0.1) is 0 Å². The highest BCUT2D eigenvalue weighted by molar-refractivity contribution is 5.95. The van der Waals surface area contributed by atoms with E-state index in [1.807, 2.05) is 0 Å². The molecule has 2 aliphatic carbocycles. The van der Waals surface area contributed by atoms with E-state index in [1.165, 1.54) is 6.42 Å². The van der Waals surface area contributed by atoms with Gasteiger partial charge in [0, 0.05) is 5.41 Å². The Labute approximate surface area is 131 Å². The van der Waals surface area contributed by atoms with E-state index in [2.05, 4.69) is 25.9 Å². The van der Waals surface area contributed by atoms with Gasteiger partial charge in [0.1, 0.15) is 5.75 Å². The second kappa shape index (κ2) is 5.11. The van der Waals surface area contributed by atoms with E-state index in [4.69, 9.17) is 9.57 Å². The summed E-state index contributed by atoms with van der Waals surface area (Å²) in [6.07, 6.45) is 3.32. The van der Waals surface area contributed by atoms with Crippen LogP contribution in [0.3, 0.4) is 0 Å². The highest BCUT2D eigenvalue weighted by Gasteiger charge is 2.60. The molecule has 0 spiro atoms. The Morgan fingerprint density at radius 1 is 1.23 bits per heavy atom. The summed E-state index contributed by atoms with van der Waals surface area (Å²) in [5, 5.41) is 4.23. The summed E-state index contributed by atoms with van der Waals surface area (Å²) in [6, 6.07) is 6.86. The number of oxime groups is 1. The maximum atomic E-state index is 12.1. The molecule has 4 heteroatoms. The minimum Gasteiger partial charge on any atom is -0.497 e. The number of benzene rings is 1. The fourth-order valence-corrected chi connectivity index (χ4v) is 3.94. The van der Waals surface area contributed by atoms with Gasteiger partial charge in [-0.25, -0.2) is 4.79 Å². The van der Waals surface area contributed by atoms with E-state index < -0.39 is 5.97 Å². The Hall–Kier alpha value is -1.84. The fourth-order valence-electron chi connectivity index (χ4n) is 3.94. The Balaban J connectivity index is 1.73. The second-order valence-electron chi connectivity index (χ2n) is 7.14. The van der Waals surface area contributed by atoms with Gasteiger partial charge in [-0.05, 0) is 54.9 Å². The number of hydrogen-bond acceptors (Lipinski definition) is 4. The monoisotopic (exact) mass is 301 g/mol. The SMILES string of the molecule is COc1ccc(C(=O)O/N=C2\CC3CCC2(C)C3(C)C)cc1. The lowest BCUT2D eigenvalue weighted by Crippen LogP contribution is -2.32. The predicted octanol–water partition coefficient (Wildman–Crippen LogP) is 4.05. The van der Waals surface area contributed by atoms with Crippen LogP contribution in [-0.4, -0.2) is 18.8 Å². The first-order chi connectivity index (χ1) is 10.4. The van der Waals surface area contributed by atoms with Gasteiger partial charge in [-0.3, -0.25) is 0 Å². The molecule has 2 fully saturated rings. The van der Waals surface area contributed by atoms with Crippen LogP contribution >= 0.6 is 0 Å². The summed E-state index contributed by atoms with van der Waals surface area (Å²) >= 11 is 0. The molecule has 2 saturated carbocycles. The maximum Gasteiger partial charge on any atom is 0.365 e. The van der Waals surface area contributed by atoms with Crippen LogP contribution in [0.4, 0.5) is 0 Å². The van der Waals surface area contributed by atoms with Gasteiger partial charge in [-0.1, -0.05) is 25.9 Å². The van der Waals surface area contributed by atoms with Crippen LogP contribution in [0.15, 0.2) is 29.4 Å². The second-order valence-corrected chi connectivity index (χ2v) is 7.14. The molecule has 0 saturated heterocycles. The minimum absolute atomic E-state index is 0.0534. The number of fused-ring (bicyclic) bond motifs is 2. The largest absolute Gasteiger partial charge is 0.497 e. The third-order valence-corrected chi connectivity index (χ3v) is 6.08. The van der Waals surface area contributed by atoms with Crippen molar-refractivity contribution < 1.29 is 14.4 Å². The van der Waals surface area contributed by atoms with Gasteiger partial charge in [0.05, 0.1) is 18.4 Å². The van der Waals surface area contributed by atoms with Gasteiger partial charge in [0.25, 0.3) is 0 Å². The Kier molecular flexibility index (Phi) is 3.50. The molecule has 22 heavy (non-hydrogen) atoms. The van der Waals surface area contributed by atoms with Gasteiger partial charge in [0.15, 0.2) is 0 Å². The summed E-state index contributed by atoms with van der Waals surface area (Å²) in [5.74, 6) is 0.945. The standard InChI is InChI=1S/C18H23NO3/c1-17(2)13-9-10-18(17,3)15(11-13)19-22-16(20)12-5-7-14(21-4)8-6-12/h5-8,13H,9-11H2,1-4H3/b19-15+. The van der Waals surface area contributed by atoms with E-state index in [9.17, 15) is 4.79 Å². The molecule has 1 aromatic carbocycles. The number of ether oxygens (including phenoxy) is 1. The molecule has 0 amide bonds. The Morgan fingerprint density at radius 3 is 2.41 bits per heavy atom.